The first kappa shape index (κ1) is 24.7. The molecule has 2 aliphatic rings. The highest BCUT2D eigenvalue weighted by atomic mass is 16.4. The van der Waals surface area contributed by atoms with Gasteiger partial charge in [-0.2, -0.15) is 0 Å². The highest BCUT2D eigenvalue weighted by molar-refractivity contribution is 6.18. The van der Waals surface area contributed by atoms with E-state index in [2.05, 4.69) is 5.32 Å². The Morgan fingerprint density at radius 2 is 1.49 bits per heavy atom. The minimum absolute atomic E-state index is 0.0961. The summed E-state index contributed by atoms with van der Waals surface area (Å²) in [5, 5.41) is 14.3. The number of carbonyl (C=O) groups excluding carboxylic acids is 2. The fourth-order valence-electron chi connectivity index (χ4n) is 5.56. The van der Waals surface area contributed by atoms with E-state index in [0.717, 1.165) is 5.69 Å². The molecule has 2 fully saturated rings. The van der Waals surface area contributed by atoms with Crippen molar-refractivity contribution >= 4 is 34.5 Å². The maximum absolute atomic E-state index is 13.7. The van der Waals surface area contributed by atoms with E-state index in [1.165, 1.54) is 6.26 Å². The highest BCUT2D eigenvalue weighted by Crippen LogP contribution is 2.38. The topological polar surface area (TPSA) is 111 Å². The number of hydrogen-bond donors (Lipinski definition) is 2. The fourth-order valence-corrected chi connectivity index (χ4v) is 5.56. The Balaban J connectivity index is 1.47. The summed E-state index contributed by atoms with van der Waals surface area (Å²) in [4.78, 5) is 45.0. The van der Waals surface area contributed by atoms with Gasteiger partial charge in [0.25, 0.3) is 11.8 Å². The molecule has 200 valence electrons. The summed E-state index contributed by atoms with van der Waals surface area (Å²) in [6, 6.07) is 18.3. The Morgan fingerprint density at radius 3 is 2.15 bits per heavy atom. The lowest BCUT2D eigenvalue weighted by atomic mass is 10.0. The number of nitrogens with zero attached hydrogens (tertiary/aromatic N) is 4. The lowest BCUT2D eigenvalue weighted by Gasteiger charge is -2.36. The van der Waals surface area contributed by atoms with Crippen molar-refractivity contribution in [3.63, 3.8) is 0 Å². The molecule has 0 aliphatic carbocycles. The third-order valence-electron chi connectivity index (χ3n) is 7.43. The van der Waals surface area contributed by atoms with Crippen LogP contribution in [0.4, 0.5) is 5.82 Å². The average Bonchev–Trinajstić information content (AvgIpc) is 3.64. The molecule has 0 atom stereocenters. The first-order chi connectivity index (χ1) is 19.0. The highest BCUT2D eigenvalue weighted by Gasteiger charge is 2.33. The van der Waals surface area contributed by atoms with Gasteiger partial charge in [0.2, 0.25) is 0 Å². The molecule has 4 heterocycles. The number of carboxylic acids is 1. The third kappa shape index (κ3) is 4.42. The van der Waals surface area contributed by atoms with Crippen LogP contribution in [0, 0.1) is 0 Å². The molecule has 2 saturated heterocycles. The number of piperazine rings is 2. The first-order valence-corrected chi connectivity index (χ1v) is 13.1. The van der Waals surface area contributed by atoms with E-state index < -0.39 is 5.97 Å². The number of rotatable bonds is 5. The number of anilines is 1. The molecule has 0 unspecified atom stereocenters. The maximum Gasteiger partial charge on any atom is 0.340 e. The van der Waals surface area contributed by atoms with Crippen molar-refractivity contribution in [3.05, 3.63) is 83.8 Å². The average molecular weight is 528 g/mol. The number of benzene rings is 2. The van der Waals surface area contributed by atoms with Crippen LogP contribution >= 0.6 is 0 Å². The molecule has 2 amide bonds. The molecule has 0 saturated carbocycles. The van der Waals surface area contributed by atoms with Crippen LogP contribution in [0.3, 0.4) is 0 Å². The number of fused-ring (bicyclic) bond motifs is 1. The Labute approximate surface area is 225 Å². The number of furan rings is 1. The van der Waals surface area contributed by atoms with E-state index in [9.17, 15) is 19.5 Å². The van der Waals surface area contributed by atoms with Crippen LogP contribution in [0.25, 0.3) is 16.6 Å². The van der Waals surface area contributed by atoms with Crippen LogP contribution in [0.2, 0.25) is 0 Å². The van der Waals surface area contributed by atoms with Gasteiger partial charge >= 0.3 is 5.97 Å². The lowest BCUT2D eigenvalue weighted by molar-refractivity contribution is 0.0689. The monoisotopic (exact) mass is 527 g/mol. The number of carboxylic acid groups (broad SMARTS) is 1. The van der Waals surface area contributed by atoms with Crippen LogP contribution in [0.1, 0.15) is 31.3 Å². The van der Waals surface area contributed by atoms with Gasteiger partial charge in [-0.05, 0) is 36.4 Å². The quantitative estimate of drug-likeness (QED) is 0.411. The second kappa shape index (κ2) is 10.3. The van der Waals surface area contributed by atoms with Crippen molar-refractivity contribution in [1.82, 2.24) is 19.7 Å². The van der Waals surface area contributed by atoms with Gasteiger partial charge in [-0.15, -0.1) is 0 Å². The van der Waals surface area contributed by atoms with Gasteiger partial charge in [0, 0.05) is 69.0 Å². The van der Waals surface area contributed by atoms with Crippen molar-refractivity contribution in [2.75, 3.05) is 57.3 Å². The normalized spacial score (nSPS) is 16.1. The van der Waals surface area contributed by atoms with Crippen molar-refractivity contribution in [2.45, 2.75) is 0 Å². The number of carbonyl (C=O) groups is 3. The SMILES string of the molecule is O=C(O)c1c(N2CCN(C(=O)c3ccco3)CC2)n(-c2ccccc2)c2cccc(C(=O)N3CCNCC3)c12. The molecule has 0 spiro atoms. The zero-order chi connectivity index (χ0) is 26.9. The summed E-state index contributed by atoms with van der Waals surface area (Å²) >= 11 is 0. The molecular formula is C29H29N5O5. The first-order valence-electron chi connectivity index (χ1n) is 13.1. The van der Waals surface area contributed by atoms with E-state index in [1.54, 1.807) is 28.0 Å². The molecule has 39 heavy (non-hydrogen) atoms. The third-order valence-corrected chi connectivity index (χ3v) is 7.43. The van der Waals surface area contributed by atoms with Crippen molar-refractivity contribution < 1.29 is 23.9 Å². The Hall–Kier alpha value is -4.57. The number of aromatic nitrogens is 1. The molecular weight excluding hydrogens is 498 g/mol. The van der Waals surface area contributed by atoms with E-state index in [-0.39, 0.29) is 23.1 Å². The Kier molecular flexibility index (Phi) is 6.54. The molecule has 6 rings (SSSR count). The van der Waals surface area contributed by atoms with Gasteiger partial charge in [0.15, 0.2) is 5.76 Å². The second-order valence-electron chi connectivity index (χ2n) is 9.67. The summed E-state index contributed by atoms with van der Waals surface area (Å²) in [6.45, 7) is 4.19. The molecule has 2 aliphatic heterocycles. The van der Waals surface area contributed by atoms with Gasteiger partial charge < -0.3 is 29.5 Å². The van der Waals surface area contributed by atoms with Gasteiger partial charge in [-0.3, -0.25) is 14.2 Å². The van der Waals surface area contributed by atoms with Crippen LogP contribution < -0.4 is 10.2 Å². The van der Waals surface area contributed by atoms with E-state index in [1.807, 2.05) is 51.9 Å². The van der Waals surface area contributed by atoms with Crippen molar-refractivity contribution in [2.24, 2.45) is 0 Å². The maximum atomic E-state index is 13.7. The van der Waals surface area contributed by atoms with E-state index in [0.29, 0.717) is 74.6 Å². The molecule has 2 N–H and O–H groups in total. The predicted octanol–water partition coefficient (Wildman–Crippen LogP) is 2.93. The number of nitrogens with one attached hydrogen (secondary N) is 1. The molecule has 2 aromatic carbocycles. The van der Waals surface area contributed by atoms with Crippen molar-refractivity contribution in [1.29, 1.82) is 0 Å². The van der Waals surface area contributed by atoms with Gasteiger partial charge in [0.1, 0.15) is 11.4 Å². The molecule has 10 nitrogen and oxygen atoms in total. The zero-order valence-corrected chi connectivity index (χ0v) is 21.4. The minimum Gasteiger partial charge on any atom is -0.478 e. The number of aromatic carboxylic acids is 1. The van der Waals surface area contributed by atoms with Crippen LogP contribution in [-0.4, -0.2) is 89.6 Å². The summed E-state index contributed by atoms with van der Waals surface area (Å²) in [6.07, 6.45) is 1.47. The molecule has 10 heteroatoms. The standard InChI is InChI=1S/C29H29N5O5/c35-27(32-13-11-30-12-14-32)21-8-4-9-22-24(21)25(29(37)38)26(34(22)20-6-2-1-3-7-20)31-15-17-33(18-16-31)28(36)23-10-5-19-39-23/h1-10,19,30H,11-18H2,(H,37,38). The number of amides is 2. The Bertz CT molecular complexity index is 1510. The summed E-state index contributed by atoms with van der Waals surface area (Å²) in [5.74, 6) is -0.668. The fraction of sp³-hybridized carbons (Fsp3) is 0.276. The molecule has 2 aromatic heterocycles. The van der Waals surface area contributed by atoms with E-state index in [4.69, 9.17) is 4.42 Å². The number of para-hydroxylation sites is 1. The van der Waals surface area contributed by atoms with Crippen LogP contribution in [0.5, 0.6) is 0 Å². The largest absolute Gasteiger partial charge is 0.478 e. The summed E-state index contributed by atoms with van der Waals surface area (Å²) in [7, 11) is 0. The predicted molar refractivity (Wildman–Crippen MR) is 146 cm³/mol. The molecule has 0 radical (unpaired) electrons. The van der Waals surface area contributed by atoms with Crippen LogP contribution in [0.15, 0.2) is 71.3 Å². The Morgan fingerprint density at radius 1 is 0.769 bits per heavy atom. The van der Waals surface area contributed by atoms with E-state index >= 15 is 0 Å². The second-order valence-corrected chi connectivity index (χ2v) is 9.67. The summed E-state index contributed by atoms with van der Waals surface area (Å²) in [5.41, 5.74) is 1.93. The van der Waals surface area contributed by atoms with Crippen LogP contribution in [-0.2, 0) is 0 Å². The lowest BCUT2D eigenvalue weighted by Crippen LogP contribution is -2.49. The smallest absolute Gasteiger partial charge is 0.340 e. The summed E-state index contributed by atoms with van der Waals surface area (Å²) < 4.78 is 7.21. The van der Waals surface area contributed by atoms with Crippen molar-refractivity contribution in [3.8, 4) is 5.69 Å². The van der Waals surface area contributed by atoms with Gasteiger partial charge in [-0.25, -0.2) is 4.79 Å². The zero-order valence-electron chi connectivity index (χ0n) is 21.4. The molecule has 0 bridgehead atoms. The molecule has 4 aromatic rings. The van der Waals surface area contributed by atoms with Gasteiger partial charge in [0.05, 0.1) is 11.8 Å². The minimum atomic E-state index is -1.10. The van der Waals surface area contributed by atoms with Gasteiger partial charge in [-0.1, -0.05) is 24.3 Å². The number of hydrogen-bond acceptors (Lipinski definition) is 6.